The molecule has 9 heteroatoms. The highest BCUT2D eigenvalue weighted by Crippen LogP contribution is 2.36. The number of rotatable bonds is 3. The molecule has 0 aromatic heterocycles. The molecule has 0 saturated carbocycles. The van der Waals surface area contributed by atoms with E-state index >= 15 is 0 Å². The lowest BCUT2D eigenvalue weighted by Crippen LogP contribution is -2.01. The van der Waals surface area contributed by atoms with Gasteiger partial charge in [-0.05, 0) is 36.4 Å². The lowest BCUT2D eigenvalue weighted by molar-refractivity contribution is 0.0692. The smallest absolute Gasteiger partial charge is 0.339 e. The van der Waals surface area contributed by atoms with Crippen molar-refractivity contribution in [2.45, 2.75) is 0 Å². The first-order valence-electron chi connectivity index (χ1n) is 7.96. The van der Waals surface area contributed by atoms with Crippen molar-refractivity contribution in [1.29, 1.82) is 0 Å². The minimum Gasteiger partial charge on any atom is -0.507 e. The van der Waals surface area contributed by atoms with Crippen molar-refractivity contribution in [2.24, 2.45) is 0 Å². The van der Waals surface area contributed by atoms with Crippen molar-refractivity contribution in [2.75, 3.05) is 0 Å². The maximum Gasteiger partial charge on any atom is 0.339 e. The topological polar surface area (TPSA) is 176 Å². The molecule has 0 saturated heterocycles. The average Bonchev–Trinajstić information content (AvgIpc) is 2.68. The van der Waals surface area contributed by atoms with Crippen molar-refractivity contribution in [3.63, 3.8) is 0 Å². The zero-order valence-electron chi connectivity index (χ0n) is 14.6. The first kappa shape index (κ1) is 20.9. The van der Waals surface area contributed by atoms with Crippen LogP contribution in [-0.4, -0.2) is 47.5 Å². The number of para-hydroxylation sites is 2. The summed E-state index contributed by atoms with van der Waals surface area (Å²) in [5.74, 6) is -5.15. The number of hydrogen-bond acceptors (Lipinski definition) is 8. The van der Waals surface area contributed by atoms with Crippen LogP contribution in [0.4, 0.5) is 0 Å². The number of aromatic carboxylic acids is 1. The molecule has 0 aliphatic rings. The molecule has 0 aliphatic heterocycles. The fraction of sp³-hybridized carbons (Fsp3) is 0. The Bertz CT molecular complexity index is 1070. The highest BCUT2D eigenvalue weighted by molar-refractivity contribution is 6.12. The van der Waals surface area contributed by atoms with Crippen LogP contribution in [0.15, 0.2) is 54.6 Å². The molecule has 0 heterocycles. The molecule has 0 aliphatic carbocycles. The van der Waals surface area contributed by atoms with Crippen molar-refractivity contribution < 1.29 is 45.3 Å². The predicted molar refractivity (Wildman–Crippen MR) is 99.7 cm³/mol. The van der Waals surface area contributed by atoms with Gasteiger partial charge in [-0.3, -0.25) is 4.79 Å². The van der Waals surface area contributed by atoms with Gasteiger partial charge in [-0.25, -0.2) is 4.79 Å². The highest BCUT2D eigenvalue weighted by Gasteiger charge is 2.18. The van der Waals surface area contributed by atoms with E-state index in [0.717, 1.165) is 12.1 Å². The minimum absolute atomic E-state index is 0.0495. The second kappa shape index (κ2) is 8.53. The summed E-state index contributed by atoms with van der Waals surface area (Å²) < 4.78 is 0. The van der Waals surface area contributed by atoms with Crippen LogP contribution in [0.5, 0.6) is 34.5 Å². The molecule has 0 unspecified atom stereocenters. The standard InChI is InChI=1S/C13H10O4.C7H6O5/c14-10-6-2-1-4-8(10)12(16)9-5-3-7-11(15)13(9)17;8-4-2-1-3(7(11)12)5(9)6(4)10/h1-7,14-15,17H;1-2,8-10H,(H,11,12). The molecular formula is C20H16O9. The largest absolute Gasteiger partial charge is 0.507 e. The molecule has 0 atom stereocenters. The zero-order chi connectivity index (χ0) is 21.7. The van der Waals surface area contributed by atoms with Gasteiger partial charge in [0.2, 0.25) is 11.5 Å². The SMILES string of the molecule is O=C(O)c1ccc(O)c(O)c1O.O=C(c1ccccc1O)c1cccc(O)c1O. The molecule has 0 bridgehead atoms. The Hall–Kier alpha value is -4.40. The third-order valence-corrected chi connectivity index (χ3v) is 3.77. The molecule has 29 heavy (non-hydrogen) atoms. The third kappa shape index (κ3) is 4.48. The molecule has 150 valence electrons. The normalized spacial score (nSPS) is 9.93. The lowest BCUT2D eigenvalue weighted by atomic mass is 10.0. The first-order valence-corrected chi connectivity index (χ1v) is 7.96. The molecule has 0 amide bonds. The van der Waals surface area contributed by atoms with Crippen molar-refractivity contribution >= 4 is 11.8 Å². The highest BCUT2D eigenvalue weighted by atomic mass is 16.4. The second-order valence-corrected chi connectivity index (χ2v) is 5.65. The summed E-state index contributed by atoms with van der Waals surface area (Å²) in [6.45, 7) is 0. The molecule has 9 nitrogen and oxygen atoms in total. The number of phenols is 6. The Labute approximate surface area is 163 Å². The molecule has 3 aromatic carbocycles. The number of hydrogen-bond donors (Lipinski definition) is 7. The van der Waals surface area contributed by atoms with Crippen LogP contribution < -0.4 is 0 Å². The lowest BCUT2D eigenvalue weighted by Gasteiger charge is -2.06. The van der Waals surface area contributed by atoms with Gasteiger partial charge in [0.15, 0.2) is 23.0 Å². The van der Waals surface area contributed by atoms with Crippen LogP contribution in [0.3, 0.4) is 0 Å². The Morgan fingerprint density at radius 1 is 0.517 bits per heavy atom. The van der Waals surface area contributed by atoms with Crippen LogP contribution in [0.1, 0.15) is 26.3 Å². The fourth-order valence-corrected chi connectivity index (χ4v) is 2.27. The van der Waals surface area contributed by atoms with Crippen LogP contribution in [0, 0.1) is 0 Å². The number of carbonyl (C=O) groups is 2. The Balaban J connectivity index is 0.000000221. The second-order valence-electron chi connectivity index (χ2n) is 5.65. The number of phenolic OH excluding ortho intramolecular Hbond substituents is 5. The number of ketones is 1. The van der Waals surface area contributed by atoms with Crippen LogP contribution in [0.25, 0.3) is 0 Å². The van der Waals surface area contributed by atoms with Gasteiger partial charge in [-0.1, -0.05) is 18.2 Å². The summed E-state index contributed by atoms with van der Waals surface area (Å²) in [6, 6.07) is 12.1. The Morgan fingerprint density at radius 2 is 1.07 bits per heavy atom. The van der Waals surface area contributed by atoms with E-state index in [1.807, 2.05) is 0 Å². The van der Waals surface area contributed by atoms with Gasteiger partial charge in [-0.15, -0.1) is 0 Å². The predicted octanol–water partition coefficient (Wildman–Crippen LogP) is 2.54. The van der Waals surface area contributed by atoms with E-state index in [1.165, 1.54) is 30.3 Å². The van der Waals surface area contributed by atoms with Crippen LogP contribution in [-0.2, 0) is 0 Å². The summed E-state index contributed by atoms with van der Waals surface area (Å²) in [4.78, 5) is 22.3. The first-order chi connectivity index (χ1) is 13.6. The van der Waals surface area contributed by atoms with E-state index in [1.54, 1.807) is 12.1 Å². The quantitative estimate of drug-likeness (QED) is 0.257. The zero-order valence-corrected chi connectivity index (χ0v) is 14.6. The third-order valence-electron chi connectivity index (χ3n) is 3.77. The van der Waals surface area contributed by atoms with Crippen molar-refractivity contribution in [3.05, 3.63) is 71.3 Å². The summed E-state index contributed by atoms with van der Waals surface area (Å²) in [6.07, 6.45) is 0. The molecule has 0 radical (unpaired) electrons. The van der Waals surface area contributed by atoms with E-state index in [-0.39, 0.29) is 22.6 Å². The van der Waals surface area contributed by atoms with E-state index in [9.17, 15) is 24.9 Å². The molecule has 3 aromatic rings. The van der Waals surface area contributed by atoms with E-state index in [0.29, 0.717) is 0 Å². The fourth-order valence-electron chi connectivity index (χ4n) is 2.27. The number of aromatic hydroxyl groups is 6. The van der Waals surface area contributed by atoms with Gasteiger partial charge in [-0.2, -0.15) is 0 Å². The van der Waals surface area contributed by atoms with E-state index in [4.69, 9.17) is 20.4 Å². The average molecular weight is 400 g/mol. The maximum atomic E-state index is 12.0. The van der Waals surface area contributed by atoms with Gasteiger partial charge in [0, 0.05) is 0 Å². The summed E-state index contributed by atoms with van der Waals surface area (Å²) >= 11 is 0. The van der Waals surface area contributed by atoms with Gasteiger partial charge < -0.3 is 35.7 Å². The number of carboxylic acids is 1. The Kier molecular flexibility index (Phi) is 6.15. The van der Waals surface area contributed by atoms with Crippen molar-refractivity contribution in [3.8, 4) is 34.5 Å². The number of carboxylic acid groups (broad SMARTS) is 1. The van der Waals surface area contributed by atoms with Crippen LogP contribution in [0.2, 0.25) is 0 Å². The number of benzene rings is 3. The maximum absolute atomic E-state index is 12.0. The van der Waals surface area contributed by atoms with Gasteiger partial charge in [0.1, 0.15) is 11.3 Å². The molecule has 7 N–H and O–H groups in total. The van der Waals surface area contributed by atoms with E-state index < -0.39 is 40.3 Å². The van der Waals surface area contributed by atoms with Gasteiger partial charge in [0.25, 0.3) is 0 Å². The summed E-state index contributed by atoms with van der Waals surface area (Å²) in [7, 11) is 0. The number of carbonyl (C=O) groups excluding carboxylic acids is 1. The van der Waals surface area contributed by atoms with Crippen LogP contribution >= 0.6 is 0 Å². The summed E-state index contributed by atoms with van der Waals surface area (Å²) in [5.41, 5.74) is -0.426. The van der Waals surface area contributed by atoms with Gasteiger partial charge >= 0.3 is 5.97 Å². The minimum atomic E-state index is -1.37. The van der Waals surface area contributed by atoms with Crippen molar-refractivity contribution in [1.82, 2.24) is 0 Å². The molecule has 0 fully saturated rings. The monoisotopic (exact) mass is 400 g/mol. The molecule has 3 rings (SSSR count). The van der Waals surface area contributed by atoms with E-state index in [2.05, 4.69) is 0 Å². The summed E-state index contributed by atoms with van der Waals surface area (Å²) in [5, 5.41) is 63.5. The molecule has 0 spiro atoms. The van der Waals surface area contributed by atoms with Gasteiger partial charge in [0.05, 0.1) is 11.1 Å². The molecular weight excluding hydrogens is 384 g/mol. The Morgan fingerprint density at radius 3 is 1.69 bits per heavy atom.